The number of rotatable bonds is 5. The van der Waals surface area contributed by atoms with Gasteiger partial charge in [-0.05, 0) is 18.6 Å². The van der Waals surface area contributed by atoms with Gasteiger partial charge in [-0.15, -0.1) is 0 Å². The topological polar surface area (TPSA) is 81.2 Å². The zero-order valence-electron chi connectivity index (χ0n) is 11.9. The Morgan fingerprint density at radius 3 is 2.68 bits per heavy atom. The van der Waals surface area contributed by atoms with Crippen LogP contribution < -0.4 is 5.32 Å². The minimum absolute atomic E-state index is 0.0597. The van der Waals surface area contributed by atoms with Gasteiger partial charge in [0.25, 0.3) is 5.91 Å². The molecule has 1 aromatic carbocycles. The normalized spacial score (nSPS) is 10.1. The van der Waals surface area contributed by atoms with E-state index in [4.69, 9.17) is 16.3 Å². The molecule has 0 bridgehead atoms. The molecule has 0 unspecified atom stereocenters. The molecule has 0 fully saturated rings. The van der Waals surface area contributed by atoms with Crippen LogP contribution in [-0.2, 0) is 16.1 Å². The van der Waals surface area contributed by atoms with Gasteiger partial charge in [0.05, 0.1) is 11.9 Å². The number of aromatic nitrogens is 2. The van der Waals surface area contributed by atoms with Crippen LogP contribution in [-0.4, -0.2) is 28.5 Å². The summed E-state index contributed by atoms with van der Waals surface area (Å²) in [6.45, 7) is 1.63. The van der Waals surface area contributed by atoms with E-state index in [0.717, 1.165) is 5.56 Å². The number of hydrogen-bond donors (Lipinski definition) is 1. The van der Waals surface area contributed by atoms with Gasteiger partial charge in [0.1, 0.15) is 0 Å². The SMILES string of the molecule is Cc1cnc(C(=O)OCC(=O)NCc2ccccc2Cl)cn1. The summed E-state index contributed by atoms with van der Waals surface area (Å²) in [5.74, 6) is -1.12. The van der Waals surface area contributed by atoms with Gasteiger partial charge in [0.15, 0.2) is 12.3 Å². The van der Waals surface area contributed by atoms with Gasteiger partial charge in [0.2, 0.25) is 0 Å². The maximum atomic E-state index is 11.7. The molecule has 0 spiro atoms. The van der Waals surface area contributed by atoms with Gasteiger partial charge < -0.3 is 10.1 Å². The van der Waals surface area contributed by atoms with Gasteiger partial charge in [0, 0.05) is 17.8 Å². The minimum atomic E-state index is -0.694. The average Bonchev–Trinajstić information content (AvgIpc) is 2.52. The quantitative estimate of drug-likeness (QED) is 0.851. The Hall–Kier alpha value is -2.47. The molecule has 0 atom stereocenters. The van der Waals surface area contributed by atoms with Crippen molar-refractivity contribution in [3.8, 4) is 0 Å². The minimum Gasteiger partial charge on any atom is -0.451 e. The van der Waals surface area contributed by atoms with Crippen LogP contribution in [0.25, 0.3) is 0 Å². The molecule has 22 heavy (non-hydrogen) atoms. The summed E-state index contributed by atoms with van der Waals surface area (Å²) in [5, 5.41) is 3.18. The number of amides is 1. The Morgan fingerprint density at radius 2 is 2.00 bits per heavy atom. The summed E-state index contributed by atoms with van der Waals surface area (Å²) in [6.07, 6.45) is 2.76. The Kier molecular flexibility index (Phi) is 5.43. The van der Waals surface area contributed by atoms with Crippen molar-refractivity contribution in [1.29, 1.82) is 0 Å². The second kappa shape index (κ2) is 7.51. The third kappa shape index (κ3) is 4.53. The van der Waals surface area contributed by atoms with E-state index >= 15 is 0 Å². The molecule has 1 amide bonds. The molecule has 0 aliphatic carbocycles. The molecule has 0 aliphatic rings. The first kappa shape index (κ1) is 15.9. The third-order valence-electron chi connectivity index (χ3n) is 2.76. The monoisotopic (exact) mass is 319 g/mol. The molecule has 0 saturated heterocycles. The fourth-order valence-corrected chi connectivity index (χ4v) is 1.79. The van der Waals surface area contributed by atoms with Gasteiger partial charge in [-0.2, -0.15) is 0 Å². The number of hydrogen-bond acceptors (Lipinski definition) is 5. The summed E-state index contributed by atoms with van der Waals surface area (Å²) in [7, 11) is 0. The molecule has 0 saturated carbocycles. The smallest absolute Gasteiger partial charge is 0.359 e. The van der Waals surface area contributed by atoms with Crippen LogP contribution in [0.5, 0.6) is 0 Å². The number of nitrogens with zero attached hydrogens (tertiary/aromatic N) is 2. The van der Waals surface area contributed by atoms with E-state index < -0.39 is 18.5 Å². The fraction of sp³-hybridized carbons (Fsp3) is 0.200. The van der Waals surface area contributed by atoms with E-state index in [1.54, 1.807) is 25.1 Å². The van der Waals surface area contributed by atoms with Crippen LogP contribution in [0.3, 0.4) is 0 Å². The molecule has 7 heteroatoms. The molecular formula is C15H14ClN3O3. The summed E-state index contributed by atoms with van der Waals surface area (Å²) >= 11 is 5.98. The first-order valence-electron chi connectivity index (χ1n) is 6.52. The second-order valence-corrected chi connectivity index (χ2v) is 4.89. The highest BCUT2D eigenvalue weighted by Gasteiger charge is 2.12. The third-order valence-corrected chi connectivity index (χ3v) is 3.13. The Balaban J connectivity index is 1.79. The molecule has 1 heterocycles. The Morgan fingerprint density at radius 1 is 1.23 bits per heavy atom. The lowest BCUT2D eigenvalue weighted by molar-refractivity contribution is -0.124. The van der Waals surface area contributed by atoms with Crippen molar-refractivity contribution >= 4 is 23.5 Å². The van der Waals surface area contributed by atoms with Crippen molar-refractivity contribution in [3.63, 3.8) is 0 Å². The van der Waals surface area contributed by atoms with Gasteiger partial charge in [-0.1, -0.05) is 29.8 Å². The lowest BCUT2D eigenvalue weighted by Gasteiger charge is -2.07. The lowest BCUT2D eigenvalue weighted by Crippen LogP contribution is -2.28. The maximum absolute atomic E-state index is 11.7. The number of halogens is 1. The van der Waals surface area contributed by atoms with Crippen molar-refractivity contribution in [1.82, 2.24) is 15.3 Å². The number of carbonyl (C=O) groups is 2. The summed E-state index contributed by atoms with van der Waals surface area (Å²) in [4.78, 5) is 31.1. The summed E-state index contributed by atoms with van der Waals surface area (Å²) in [5.41, 5.74) is 1.53. The largest absolute Gasteiger partial charge is 0.451 e. The molecule has 6 nitrogen and oxygen atoms in total. The van der Waals surface area contributed by atoms with Crippen molar-refractivity contribution in [2.24, 2.45) is 0 Å². The van der Waals surface area contributed by atoms with Gasteiger partial charge >= 0.3 is 5.97 Å². The molecule has 2 rings (SSSR count). The molecule has 0 radical (unpaired) electrons. The predicted molar refractivity (Wildman–Crippen MR) is 80.4 cm³/mol. The van der Waals surface area contributed by atoms with Crippen LogP contribution >= 0.6 is 11.6 Å². The standard InChI is InChI=1S/C15H14ClN3O3/c1-10-6-18-13(8-17-10)15(21)22-9-14(20)19-7-11-4-2-3-5-12(11)16/h2-6,8H,7,9H2,1H3,(H,19,20). The first-order valence-corrected chi connectivity index (χ1v) is 6.90. The van der Waals surface area contributed by atoms with Crippen molar-refractivity contribution in [2.75, 3.05) is 6.61 Å². The highest BCUT2D eigenvalue weighted by atomic mass is 35.5. The Bertz CT molecular complexity index is 674. The highest BCUT2D eigenvalue weighted by molar-refractivity contribution is 6.31. The van der Waals surface area contributed by atoms with E-state index in [1.807, 2.05) is 6.07 Å². The van der Waals surface area contributed by atoms with Crippen molar-refractivity contribution < 1.29 is 14.3 Å². The van der Waals surface area contributed by atoms with Crippen LogP contribution in [0.15, 0.2) is 36.7 Å². The maximum Gasteiger partial charge on any atom is 0.359 e. The van der Waals surface area contributed by atoms with Gasteiger partial charge in [-0.25, -0.2) is 9.78 Å². The van der Waals surface area contributed by atoms with E-state index in [9.17, 15) is 9.59 Å². The van der Waals surface area contributed by atoms with Crippen molar-refractivity contribution in [2.45, 2.75) is 13.5 Å². The average molecular weight is 320 g/mol. The highest BCUT2D eigenvalue weighted by Crippen LogP contribution is 2.14. The van der Waals surface area contributed by atoms with Crippen LogP contribution in [0, 0.1) is 6.92 Å². The Labute approximate surface area is 132 Å². The number of carbonyl (C=O) groups excluding carboxylic acids is 2. The van der Waals surface area contributed by atoms with Crippen LogP contribution in [0.4, 0.5) is 0 Å². The first-order chi connectivity index (χ1) is 10.6. The molecule has 114 valence electrons. The number of benzene rings is 1. The van der Waals surface area contributed by atoms with E-state index in [-0.39, 0.29) is 12.2 Å². The molecule has 1 aromatic heterocycles. The summed E-state index contributed by atoms with van der Waals surface area (Å²) < 4.78 is 4.86. The predicted octanol–water partition coefficient (Wildman–Crippen LogP) is 1.91. The molecule has 2 aromatic rings. The number of nitrogens with one attached hydrogen (secondary N) is 1. The van der Waals surface area contributed by atoms with E-state index in [0.29, 0.717) is 10.7 Å². The molecule has 0 aliphatic heterocycles. The molecular weight excluding hydrogens is 306 g/mol. The number of esters is 1. The zero-order valence-corrected chi connectivity index (χ0v) is 12.6. The van der Waals surface area contributed by atoms with E-state index in [1.165, 1.54) is 12.4 Å². The van der Waals surface area contributed by atoms with Crippen LogP contribution in [0.1, 0.15) is 21.7 Å². The number of ether oxygens (including phenoxy) is 1. The van der Waals surface area contributed by atoms with Crippen molar-refractivity contribution in [3.05, 3.63) is 58.6 Å². The fourth-order valence-electron chi connectivity index (χ4n) is 1.59. The number of aryl methyl sites for hydroxylation is 1. The zero-order chi connectivity index (χ0) is 15.9. The second-order valence-electron chi connectivity index (χ2n) is 4.49. The molecule has 1 N–H and O–H groups in total. The van der Waals surface area contributed by atoms with E-state index in [2.05, 4.69) is 15.3 Å². The lowest BCUT2D eigenvalue weighted by atomic mass is 10.2. The van der Waals surface area contributed by atoms with Gasteiger partial charge in [-0.3, -0.25) is 9.78 Å². The van der Waals surface area contributed by atoms with Crippen LogP contribution in [0.2, 0.25) is 5.02 Å². The summed E-state index contributed by atoms with van der Waals surface area (Å²) in [6, 6.07) is 7.16.